The van der Waals surface area contributed by atoms with E-state index in [0.717, 1.165) is 12.8 Å². The summed E-state index contributed by atoms with van der Waals surface area (Å²) in [5.74, 6) is -0.596. The molecule has 0 unspecified atom stereocenters. The van der Waals surface area contributed by atoms with E-state index < -0.39 is 5.97 Å². The molecule has 1 aromatic rings. The first-order chi connectivity index (χ1) is 7.65. The maximum absolute atomic E-state index is 10.7. The molecule has 0 bridgehead atoms. The number of aromatic carboxylic acids is 1. The molecule has 0 radical (unpaired) electrons. The van der Waals surface area contributed by atoms with Gasteiger partial charge in [0.05, 0.1) is 6.61 Å². The van der Waals surface area contributed by atoms with Crippen LogP contribution in [0.2, 0.25) is 0 Å². The van der Waals surface area contributed by atoms with Crippen molar-refractivity contribution in [1.29, 1.82) is 0 Å². The van der Waals surface area contributed by atoms with Crippen LogP contribution in [0.5, 0.6) is 0 Å². The van der Waals surface area contributed by atoms with Crippen molar-refractivity contribution in [2.75, 3.05) is 18.5 Å². The van der Waals surface area contributed by atoms with E-state index in [-0.39, 0.29) is 17.7 Å². The van der Waals surface area contributed by atoms with E-state index in [1.807, 2.05) is 0 Å². The van der Waals surface area contributed by atoms with Crippen LogP contribution in [-0.2, 0) is 0 Å². The maximum atomic E-state index is 10.7. The van der Waals surface area contributed by atoms with Crippen molar-refractivity contribution in [3.63, 3.8) is 0 Å². The highest BCUT2D eigenvalue weighted by Gasteiger charge is 2.41. The summed E-state index contributed by atoms with van der Waals surface area (Å²) >= 11 is 0. The van der Waals surface area contributed by atoms with Gasteiger partial charge in [-0.25, -0.2) is 14.8 Å². The molecule has 86 valence electrons. The first kappa shape index (κ1) is 10.8. The number of carbonyl (C=O) groups is 1. The third-order valence-electron chi connectivity index (χ3n) is 2.82. The monoisotopic (exact) mass is 223 g/mol. The van der Waals surface area contributed by atoms with Gasteiger partial charge in [0.25, 0.3) is 0 Å². The van der Waals surface area contributed by atoms with Crippen LogP contribution in [0, 0.1) is 5.41 Å². The molecule has 1 fully saturated rings. The second-order valence-electron chi connectivity index (χ2n) is 4.11. The second kappa shape index (κ2) is 4.05. The average molecular weight is 223 g/mol. The molecule has 0 aliphatic heterocycles. The van der Waals surface area contributed by atoms with E-state index in [1.165, 1.54) is 12.4 Å². The third kappa shape index (κ3) is 2.27. The van der Waals surface area contributed by atoms with Gasteiger partial charge in [-0.2, -0.15) is 0 Å². The topological polar surface area (TPSA) is 95.3 Å². The lowest BCUT2D eigenvalue weighted by Gasteiger charge is -2.12. The minimum absolute atomic E-state index is 0.0334. The first-order valence-corrected chi connectivity index (χ1v) is 5.05. The summed E-state index contributed by atoms with van der Waals surface area (Å²) in [6.07, 6.45) is 3.20. The molecule has 1 saturated carbocycles. The molecule has 1 aliphatic carbocycles. The highest BCUT2D eigenvalue weighted by Crippen LogP contribution is 2.44. The number of hydrogen-bond donors (Lipinski definition) is 3. The largest absolute Gasteiger partial charge is 0.477 e. The molecule has 1 aromatic heterocycles. The fraction of sp³-hybridized carbons (Fsp3) is 0.500. The average Bonchev–Trinajstić information content (AvgIpc) is 3.07. The van der Waals surface area contributed by atoms with Crippen molar-refractivity contribution in [3.05, 3.63) is 18.1 Å². The van der Waals surface area contributed by atoms with Crippen LogP contribution in [0.4, 0.5) is 5.82 Å². The molecule has 2 rings (SSSR count). The second-order valence-corrected chi connectivity index (χ2v) is 4.11. The third-order valence-corrected chi connectivity index (χ3v) is 2.82. The number of carboxylic acids is 1. The molecule has 3 N–H and O–H groups in total. The normalized spacial score (nSPS) is 16.8. The number of nitrogens with zero attached hydrogens (tertiary/aromatic N) is 2. The summed E-state index contributed by atoms with van der Waals surface area (Å²) in [5.41, 5.74) is -0.0692. The van der Waals surface area contributed by atoms with E-state index in [9.17, 15) is 4.79 Å². The molecule has 1 heterocycles. The Hall–Kier alpha value is -1.69. The number of nitrogens with one attached hydrogen (secondary N) is 1. The van der Waals surface area contributed by atoms with Gasteiger partial charge < -0.3 is 15.5 Å². The minimum Gasteiger partial charge on any atom is -0.477 e. The number of aliphatic hydroxyl groups is 1. The van der Waals surface area contributed by atoms with E-state index in [0.29, 0.717) is 12.4 Å². The molecule has 1 aliphatic rings. The Labute approximate surface area is 92.4 Å². The molecule has 6 heteroatoms. The van der Waals surface area contributed by atoms with Crippen LogP contribution in [0.1, 0.15) is 23.3 Å². The van der Waals surface area contributed by atoms with Crippen molar-refractivity contribution >= 4 is 11.8 Å². The van der Waals surface area contributed by atoms with Crippen LogP contribution in [0.3, 0.4) is 0 Å². The fourth-order valence-electron chi connectivity index (χ4n) is 1.42. The Morgan fingerprint density at radius 1 is 1.50 bits per heavy atom. The lowest BCUT2D eigenvalue weighted by Crippen LogP contribution is -2.19. The Morgan fingerprint density at radius 3 is 2.81 bits per heavy atom. The van der Waals surface area contributed by atoms with Crippen molar-refractivity contribution in [2.45, 2.75) is 12.8 Å². The Kier molecular flexibility index (Phi) is 2.74. The molecular weight excluding hydrogens is 210 g/mol. The smallest absolute Gasteiger partial charge is 0.354 e. The Bertz CT molecular complexity index is 404. The van der Waals surface area contributed by atoms with E-state index in [4.69, 9.17) is 10.2 Å². The zero-order valence-corrected chi connectivity index (χ0v) is 8.68. The summed E-state index contributed by atoms with van der Waals surface area (Å²) < 4.78 is 0. The number of anilines is 1. The number of aromatic nitrogens is 2. The predicted molar refractivity (Wildman–Crippen MR) is 56.2 cm³/mol. The van der Waals surface area contributed by atoms with E-state index in [1.54, 1.807) is 0 Å². The van der Waals surface area contributed by atoms with Crippen molar-refractivity contribution < 1.29 is 15.0 Å². The van der Waals surface area contributed by atoms with Gasteiger partial charge in [-0.3, -0.25) is 0 Å². The molecule has 0 spiro atoms. The number of carboxylic acid groups (broad SMARTS) is 1. The lowest BCUT2D eigenvalue weighted by atomic mass is 10.1. The zero-order chi connectivity index (χ0) is 11.6. The molecular formula is C10H13N3O3. The highest BCUT2D eigenvalue weighted by atomic mass is 16.4. The Morgan fingerprint density at radius 2 is 2.25 bits per heavy atom. The lowest BCUT2D eigenvalue weighted by molar-refractivity contribution is 0.0690. The quantitative estimate of drug-likeness (QED) is 0.667. The van der Waals surface area contributed by atoms with Crippen molar-refractivity contribution in [3.8, 4) is 0 Å². The SMILES string of the molecule is O=C(O)c1cc(NCC2(CO)CC2)ncn1. The van der Waals surface area contributed by atoms with E-state index >= 15 is 0 Å². The standard InChI is InChI=1S/C10H13N3O3/c14-5-10(1-2-10)4-11-8-3-7(9(15)16)12-6-13-8/h3,6,14H,1-2,4-5H2,(H,15,16)(H,11,12,13). The predicted octanol–water partition coefficient (Wildman–Crippen LogP) is 0.359. The van der Waals surface area contributed by atoms with Gasteiger partial charge in [-0.05, 0) is 12.8 Å². The molecule has 6 nitrogen and oxygen atoms in total. The molecule has 0 atom stereocenters. The molecule has 16 heavy (non-hydrogen) atoms. The molecule has 0 amide bonds. The Balaban J connectivity index is 1.99. The van der Waals surface area contributed by atoms with Crippen molar-refractivity contribution in [1.82, 2.24) is 9.97 Å². The van der Waals surface area contributed by atoms with Crippen LogP contribution in [0.15, 0.2) is 12.4 Å². The summed E-state index contributed by atoms with van der Waals surface area (Å²) in [6, 6.07) is 1.38. The zero-order valence-electron chi connectivity index (χ0n) is 8.68. The van der Waals surface area contributed by atoms with Crippen LogP contribution in [-0.4, -0.2) is 39.3 Å². The first-order valence-electron chi connectivity index (χ1n) is 5.05. The van der Waals surface area contributed by atoms with Crippen LogP contribution in [0.25, 0.3) is 0 Å². The number of rotatable bonds is 5. The molecule has 0 saturated heterocycles. The highest BCUT2D eigenvalue weighted by molar-refractivity contribution is 5.85. The van der Waals surface area contributed by atoms with Crippen LogP contribution >= 0.6 is 0 Å². The van der Waals surface area contributed by atoms with Crippen molar-refractivity contribution in [2.24, 2.45) is 5.41 Å². The maximum Gasteiger partial charge on any atom is 0.354 e. The molecule has 0 aromatic carbocycles. The van der Waals surface area contributed by atoms with Gasteiger partial charge in [0.1, 0.15) is 12.1 Å². The summed E-state index contributed by atoms with van der Waals surface area (Å²) in [5, 5.41) is 20.9. The minimum atomic E-state index is -1.08. The summed E-state index contributed by atoms with van der Waals surface area (Å²) in [6.45, 7) is 0.760. The van der Waals surface area contributed by atoms with Gasteiger partial charge >= 0.3 is 5.97 Å². The van der Waals surface area contributed by atoms with E-state index in [2.05, 4.69) is 15.3 Å². The van der Waals surface area contributed by atoms with Crippen LogP contribution < -0.4 is 5.32 Å². The summed E-state index contributed by atoms with van der Waals surface area (Å²) in [4.78, 5) is 18.2. The van der Waals surface area contributed by atoms with Gasteiger partial charge in [-0.15, -0.1) is 0 Å². The van der Waals surface area contributed by atoms with Gasteiger partial charge in [0.2, 0.25) is 0 Å². The van der Waals surface area contributed by atoms with Gasteiger partial charge in [-0.1, -0.05) is 0 Å². The number of aliphatic hydroxyl groups excluding tert-OH is 1. The van der Waals surface area contributed by atoms with Gasteiger partial charge in [0, 0.05) is 18.0 Å². The summed E-state index contributed by atoms with van der Waals surface area (Å²) in [7, 11) is 0. The van der Waals surface area contributed by atoms with Gasteiger partial charge in [0.15, 0.2) is 5.69 Å². The number of hydrogen-bond acceptors (Lipinski definition) is 5. The fourth-order valence-corrected chi connectivity index (χ4v) is 1.42.